The molecular weight excluding hydrogens is 231 g/mol. The molecule has 0 N–H and O–H groups in total. The fraction of sp³-hybridized carbons (Fsp3) is 0.286. The topological polar surface area (TPSA) is 12.9 Å². The van der Waals surface area contributed by atoms with Crippen LogP contribution < -0.4 is 0 Å². The van der Waals surface area contributed by atoms with Crippen LogP contribution in [0.25, 0.3) is 0 Å². The number of hydrogen-bond acceptors (Lipinski definition) is 1. The molecule has 84 valence electrons. The Labute approximate surface area is 78.5 Å². The van der Waals surface area contributed by atoms with Crippen LogP contribution in [-0.4, -0.2) is 4.98 Å². The van der Waals surface area contributed by atoms with Crippen molar-refractivity contribution in [3.8, 4) is 0 Å². The molecule has 1 nitrogen and oxygen atoms in total. The maximum atomic E-state index is 12.6. The summed E-state index contributed by atoms with van der Waals surface area (Å²) in [5.41, 5.74) is -3.65. The Bertz CT molecular complexity index is 370. The summed E-state index contributed by atoms with van der Waals surface area (Å²) in [7, 11) is 0. The molecule has 0 amide bonds. The zero-order valence-electron chi connectivity index (χ0n) is 6.75. The highest BCUT2D eigenvalue weighted by molar-refractivity contribution is 5.21. The number of rotatable bonds is 1. The molecule has 0 radical (unpaired) electrons. The van der Waals surface area contributed by atoms with E-state index in [0.29, 0.717) is 0 Å². The molecule has 0 saturated heterocycles. The van der Waals surface area contributed by atoms with Crippen molar-refractivity contribution in [2.75, 3.05) is 0 Å². The highest BCUT2D eigenvalue weighted by Gasteiger charge is 2.38. The van der Waals surface area contributed by atoms with Gasteiger partial charge < -0.3 is 0 Å². The molecule has 1 aromatic rings. The second-order valence-electron chi connectivity index (χ2n) is 2.49. The summed E-state index contributed by atoms with van der Waals surface area (Å²) in [4.78, 5) is 2.41. The molecule has 0 aliphatic carbocycles. The van der Waals surface area contributed by atoms with Crippen molar-refractivity contribution >= 4 is 0 Å². The first-order valence-corrected chi connectivity index (χ1v) is 3.44. The summed E-state index contributed by atoms with van der Waals surface area (Å²) in [5.74, 6) is -4.65. The van der Waals surface area contributed by atoms with Gasteiger partial charge in [0, 0.05) is 6.20 Å². The Morgan fingerprint density at radius 1 is 1.07 bits per heavy atom. The van der Waals surface area contributed by atoms with Gasteiger partial charge in [-0.1, -0.05) is 0 Å². The maximum absolute atomic E-state index is 12.6. The van der Waals surface area contributed by atoms with Crippen LogP contribution in [0.5, 0.6) is 0 Å². The van der Waals surface area contributed by atoms with E-state index in [2.05, 4.69) is 4.98 Å². The van der Waals surface area contributed by atoms with Crippen molar-refractivity contribution in [1.29, 1.82) is 0 Å². The van der Waals surface area contributed by atoms with Crippen LogP contribution in [0, 0.1) is 11.6 Å². The van der Waals surface area contributed by atoms with Crippen molar-refractivity contribution in [3.05, 3.63) is 29.1 Å². The van der Waals surface area contributed by atoms with Gasteiger partial charge in [-0.15, -0.1) is 0 Å². The van der Waals surface area contributed by atoms with Gasteiger partial charge in [-0.25, -0.2) is 22.5 Å². The van der Waals surface area contributed by atoms with Crippen LogP contribution in [0.4, 0.5) is 30.7 Å². The van der Waals surface area contributed by atoms with E-state index >= 15 is 0 Å². The lowest BCUT2D eigenvalue weighted by atomic mass is 10.2. The summed E-state index contributed by atoms with van der Waals surface area (Å²) < 4.78 is 84.8. The molecule has 0 atom stereocenters. The molecule has 0 fully saturated rings. The standard InChI is InChI=1S/C7H2F7N/c8-3-2(6(10)11)1-15-5(4(3)9)7(12,13)14/h1,6H. The molecule has 1 aromatic heterocycles. The van der Waals surface area contributed by atoms with Gasteiger partial charge in [-0.3, -0.25) is 0 Å². The van der Waals surface area contributed by atoms with Crippen molar-refractivity contribution in [1.82, 2.24) is 4.98 Å². The van der Waals surface area contributed by atoms with E-state index in [4.69, 9.17) is 0 Å². The molecule has 0 spiro atoms. The van der Waals surface area contributed by atoms with E-state index in [-0.39, 0.29) is 6.20 Å². The van der Waals surface area contributed by atoms with Gasteiger partial charge in [0.25, 0.3) is 6.43 Å². The second-order valence-corrected chi connectivity index (χ2v) is 2.49. The van der Waals surface area contributed by atoms with E-state index in [1.165, 1.54) is 0 Å². The van der Waals surface area contributed by atoms with Gasteiger partial charge in [0.2, 0.25) is 0 Å². The van der Waals surface area contributed by atoms with Gasteiger partial charge in [0.05, 0.1) is 5.56 Å². The quantitative estimate of drug-likeness (QED) is 0.678. The van der Waals surface area contributed by atoms with Gasteiger partial charge in [-0.05, 0) is 0 Å². The van der Waals surface area contributed by atoms with E-state index in [1.54, 1.807) is 0 Å². The normalized spacial score (nSPS) is 12.3. The summed E-state index contributed by atoms with van der Waals surface area (Å²) in [6.45, 7) is 0. The van der Waals surface area contributed by atoms with Gasteiger partial charge in [0.1, 0.15) is 0 Å². The van der Waals surface area contributed by atoms with Crippen LogP contribution in [0.15, 0.2) is 6.20 Å². The molecule has 1 heterocycles. The zero-order valence-corrected chi connectivity index (χ0v) is 6.75. The third kappa shape index (κ3) is 2.18. The zero-order chi connectivity index (χ0) is 11.8. The van der Waals surface area contributed by atoms with Crippen LogP contribution in [0.2, 0.25) is 0 Å². The summed E-state index contributed by atoms with van der Waals surface area (Å²) in [6, 6.07) is 0. The third-order valence-corrected chi connectivity index (χ3v) is 1.49. The Morgan fingerprint density at radius 3 is 2.00 bits per heavy atom. The molecule has 15 heavy (non-hydrogen) atoms. The molecular formula is C7H2F7N. The minimum Gasteiger partial charge on any atom is -0.248 e. The molecule has 0 aliphatic heterocycles. The van der Waals surface area contributed by atoms with E-state index in [9.17, 15) is 30.7 Å². The molecule has 1 rings (SSSR count). The van der Waals surface area contributed by atoms with Crippen LogP contribution in [-0.2, 0) is 6.18 Å². The predicted molar refractivity (Wildman–Crippen MR) is 34.1 cm³/mol. The van der Waals surface area contributed by atoms with Gasteiger partial charge >= 0.3 is 6.18 Å². The first-order chi connectivity index (χ1) is 6.75. The van der Waals surface area contributed by atoms with Gasteiger partial charge in [0.15, 0.2) is 17.3 Å². The minimum atomic E-state index is -5.22. The largest absolute Gasteiger partial charge is 0.436 e. The maximum Gasteiger partial charge on any atom is 0.436 e. The minimum absolute atomic E-state index is 0.0358. The number of halogens is 7. The Kier molecular flexibility index (Phi) is 2.87. The Hall–Kier alpha value is -1.34. The fourth-order valence-electron chi connectivity index (χ4n) is 0.828. The van der Waals surface area contributed by atoms with E-state index < -0.39 is 35.5 Å². The molecule has 0 saturated carbocycles. The molecule has 0 bridgehead atoms. The monoisotopic (exact) mass is 233 g/mol. The lowest BCUT2D eigenvalue weighted by molar-refractivity contribution is -0.144. The van der Waals surface area contributed by atoms with Crippen LogP contribution >= 0.6 is 0 Å². The molecule has 0 unspecified atom stereocenters. The van der Waals surface area contributed by atoms with E-state index in [1.807, 2.05) is 0 Å². The first kappa shape index (κ1) is 11.7. The fourth-order valence-corrected chi connectivity index (χ4v) is 0.828. The highest BCUT2D eigenvalue weighted by Crippen LogP contribution is 2.33. The van der Waals surface area contributed by atoms with Crippen LogP contribution in [0.3, 0.4) is 0 Å². The van der Waals surface area contributed by atoms with Crippen molar-refractivity contribution in [2.45, 2.75) is 12.6 Å². The number of alkyl halides is 5. The average Bonchev–Trinajstić information content (AvgIpc) is 2.06. The molecule has 0 aromatic carbocycles. The smallest absolute Gasteiger partial charge is 0.248 e. The number of nitrogens with zero attached hydrogens (tertiary/aromatic N) is 1. The van der Waals surface area contributed by atoms with E-state index in [0.717, 1.165) is 0 Å². The number of pyridine rings is 1. The van der Waals surface area contributed by atoms with Crippen molar-refractivity contribution < 1.29 is 30.7 Å². The lowest BCUT2D eigenvalue weighted by Crippen LogP contribution is -2.14. The van der Waals surface area contributed by atoms with Crippen LogP contribution in [0.1, 0.15) is 17.7 Å². The van der Waals surface area contributed by atoms with Crippen molar-refractivity contribution in [3.63, 3.8) is 0 Å². The average molecular weight is 233 g/mol. The lowest BCUT2D eigenvalue weighted by Gasteiger charge is -2.09. The number of hydrogen-bond donors (Lipinski definition) is 0. The summed E-state index contributed by atoms with van der Waals surface area (Å²) in [6.07, 6.45) is -8.67. The molecule has 0 aliphatic rings. The van der Waals surface area contributed by atoms with Crippen molar-refractivity contribution in [2.24, 2.45) is 0 Å². The highest BCUT2D eigenvalue weighted by atomic mass is 19.4. The predicted octanol–water partition coefficient (Wildman–Crippen LogP) is 3.32. The summed E-state index contributed by atoms with van der Waals surface area (Å²) in [5, 5.41) is 0. The Balaban J connectivity index is 3.34. The third-order valence-electron chi connectivity index (χ3n) is 1.49. The molecule has 8 heteroatoms. The van der Waals surface area contributed by atoms with Gasteiger partial charge in [-0.2, -0.15) is 13.2 Å². The first-order valence-electron chi connectivity index (χ1n) is 3.44. The number of aromatic nitrogens is 1. The SMILES string of the molecule is Fc1c(C(F)F)cnc(C(F)(F)F)c1F. The summed E-state index contributed by atoms with van der Waals surface area (Å²) >= 11 is 0. The Morgan fingerprint density at radius 2 is 1.60 bits per heavy atom. The second kappa shape index (κ2) is 3.67.